The maximum Gasteiger partial charge on any atom is 0.338 e. The summed E-state index contributed by atoms with van der Waals surface area (Å²) in [5.74, 6) is 0.741. The zero-order chi connectivity index (χ0) is 41.1. The van der Waals surface area contributed by atoms with Crippen LogP contribution in [0.4, 0.5) is 5.69 Å². The van der Waals surface area contributed by atoms with E-state index >= 15 is 0 Å². The number of hydrogen-bond acceptors (Lipinski definition) is 10. The van der Waals surface area contributed by atoms with E-state index in [4.69, 9.17) is 32.8 Å². The number of esters is 2. The van der Waals surface area contributed by atoms with Gasteiger partial charge in [0, 0.05) is 70.2 Å². The number of nitrogens with one attached hydrogen (secondary N) is 2. The van der Waals surface area contributed by atoms with Crippen LogP contribution >= 0.6 is 0 Å². The summed E-state index contributed by atoms with van der Waals surface area (Å²) < 4.78 is 51.8. The topological polar surface area (TPSA) is 180 Å². The van der Waals surface area contributed by atoms with Crippen molar-refractivity contribution in [3.8, 4) is 11.5 Å². The van der Waals surface area contributed by atoms with Gasteiger partial charge in [0.2, 0.25) is 5.36 Å². The Morgan fingerprint density at radius 3 is 2.03 bits per heavy atom. The standard InChI is InChI=1S/C40H42N2O5.C5H10.ClHO4.Fe/c1-23-21-39(3,4)41-32-19-34-30(17-28(23)32)36(31-18-29-24(2)22-40(5,6)42-33(29)20-35(31)47-34)26-13-9-10-14-27(26)38(44)46-16-15-45-37(43)25-11-7-8-12-25;1-2-4-5-3-1;2-1(3,4)5;/h9-10,13-14,17-22,25,41H,7-8,11-12,15-16H2,1-6H3;1-5H2;(H,2,3,4,5);. The Kier molecular flexibility index (Phi) is 14.4. The molecule has 2 aliphatic carbocycles. The first-order chi connectivity index (χ1) is 26.9. The number of carbonyl (C=O) groups excluding carboxylic acids is 2. The number of halogens is 1. The molecule has 3 aliphatic heterocycles. The van der Waals surface area contributed by atoms with Gasteiger partial charge in [0.1, 0.15) is 24.7 Å². The van der Waals surface area contributed by atoms with Crippen molar-refractivity contribution < 1.29 is 74.7 Å². The third-order valence-corrected chi connectivity index (χ3v) is 10.8. The predicted molar refractivity (Wildman–Crippen MR) is 206 cm³/mol. The number of anilines is 1. The Bertz CT molecular complexity index is 2200. The van der Waals surface area contributed by atoms with E-state index in [1.807, 2.05) is 18.2 Å². The average molecular weight is 857 g/mol. The molecule has 0 aromatic heterocycles. The number of carbonyl (C=O) groups is 2. The van der Waals surface area contributed by atoms with Crippen molar-refractivity contribution in [2.45, 2.75) is 110 Å². The number of allylic oxidation sites excluding steroid dienone is 2. The largest absolute Gasteiger partial charge is 0.462 e. The van der Waals surface area contributed by atoms with Crippen LogP contribution in [0.2, 0.25) is 0 Å². The zero-order valence-electron chi connectivity index (χ0n) is 34.0. The van der Waals surface area contributed by atoms with Crippen molar-refractivity contribution in [2.24, 2.45) is 5.92 Å². The monoisotopic (exact) mass is 856 g/mol. The molecular weight excluding hydrogens is 804 g/mol. The average Bonchev–Trinajstić information content (AvgIpc) is 3.88. The summed E-state index contributed by atoms with van der Waals surface area (Å²) >= 11 is 0. The van der Waals surface area contributed by atoms with Crippen LogP contribution in [0.3, 0.4) is 0 Å². The van der Waals surface area contributed by atoms with Gasteiger partial charge in [-0.05, 0) is 81.5 Å². The van der Waals surface area contributed by atoms with Gasteiger partial charge in [0.05, 0.1) is 23.1 Å². The summed E-state index contributed by atoms with van der Waals surface area (Å²) in [6.45, 7) is 12.9. The van der Waals surface area contributed by atoms with E-state index in [1.165, 1.54) is 43.3 Å². The summed E-state index contributed by atoms with van der Waals surface area (Å²) in [7, 11) is -4.94. The van der Waals surface area contributed by atoms with E-state index in [1.54, 1.807) is 6.07 Å². The van der Waals surface area contributed by atoms with Crippen molar-refractivity contribution in [1.29, 1.82) is 0 Å². The molecule has 2 fully saturated rings. The van der Waals surface area contributed by atoms with E-state index < -0.39 is 16.2 Å². The second-order valence-corrected chi connectivity index (χ2v) is 17.3. The van der Waals surface area contributed by atoms with Crippen LogP contribution in [0.25, 0.3) is 16.7 Å². The summed E-state index contributed by atoms with van der Waals surface area (Å²) in [6.07, 6.45) is 15.8. The molecule has 5 aliphatic rings. The molecule has 0 atom stereocenters. The molecule has 2 N–H and O–H groups in total. The molecule has 13 heteroatoms. The Labute approximate surface area is 353 Å². The fourth-order valence-electron chi connectivity index (χ4n) is 8.53. The number of ether oxygens (including phenoxy) is 3. The van der Waals surface area contributed by atoms with Crippen molar-refractivity contribution in [2.75, 3.05) is 18.5 Å². The molecule has 312 valence electrons. The minimum atomic E-state index is -4.94. The van der Waals surface area contributed by atoms with Crippen molar-refractivity contribution in [3.63, 3.8) is 0 Å². The number of fused-ring (bicyclic) bond motifs is 4. The molecule has 0 amide bonds. The molecule has 8 rings (SSSR count). The molecule has 3 aromatic carbocycles. The molecule has 0 unspecified atom stereocenters. The van der Waals surface area contributed by atoms with E-state index in [0.717, 1.165) is 69.8 Å². The molecule has 3 heterocycles. The van der Waals surface area contributed by atoms with Gasteiger partial charge in [-0.1, -0.05) is 69.2 Å². The minimum absolute atomic E-state index is 0. The molecule has 2 saturated carbocycles. The molecule has 3 aromatic rings. The van der Waals surface area contributed by atoms with Gasteiger partial charge in [0.25, 0.3) is 0 Å². The van der Waals surface area contributed by atoms with Crippen LogP contribution < -0.4 is 44.3 Å². The first-order valence-electron chi connectivity index (χ1n) is 19.8. The molecular formula is C45H53ClFeN2O9. The van der Waals surface area contributed by atoms with Crippen molar-refractivity contribution in [3.05, 3.63) is 99.1 Å². The first-order valence-corrected chi connectivity index (χ1v) is 21.1. The van der Waals surface area contributed by atoms with Crippen LogP contribution in [0.1, 0.15) is 132 Å². The normalized spacial score (nSPS) is 18.1. The Hall–Kier alpha value is -4.00. The summed E-state index contributed by atoms with van der Waals surface area (Å²) in [6, 6.07) is 16.1. The predicted octanol–water partition coefficient (Wildman–Crippen LogP) is 2.62. The van der Waals surface area contributed by atoms with Gasteiger partial charge in [-0.3, -0.25) is 4.79 Å². The van der Waals surface area contributed by atoms with Crippen LogP contribution in [-0.2, 0) is 31.3 Å². The van der Waals surface area contributed by atoms with Crippen LogP contribution in [-0.4, -0.2) is 36.2 Å². The minimum Gasteiger partial charge on any atom is -0.462 e. The van der Waals surface area contributed by atoms with E-state index in [-0.39, 0.29) is 53.2 Å². The zero-order valence-corrected chi connectivity index (χ0v) is 35.9. The Balaban J connectivity index is 0.000000515. The SMILES string of the molecule is C1CCCC1.CC1=CC(C)(C)Nc2cc3c(cc21)C(c1ccccc1C(=O)OCCOC(=O)C1CCCC1)=c1cc2c(cc1O3)=[NH+]C(C)(C)C=C2C.[Fe].[O-][Cl+3]([O-])([O-])[O-]. The van der Waals surface area contributed by atoms with Gasteiger partial charge < -0.3 is 19.5 Å². The summed E-state index contributed by atoms with van der Waals surface area (Å²) in [5, 5.41) is 5.56. The smallest absolute Gasteiger partial charge is 0.338 e. The van der Waals surface area contributed by atoms with Gasteiger partial charge in [-0.15, -0.1) is 10.2 Å². The van der Waals surface area contributed by atoms with Gasteiger partial charge in [-0.2, -0.15) is 0 Å². The van der Waals surface area contributed by atoms with Crippen LogP contribution in [0.15, 0.2) is 60.7 Å². The third kappa shape index (κ3) is 11.2. The Morgan fingerprint density at radius 2 is 1.38 bits per heavy atom. The summed E-state index contributed by atoms with van der Waals surface area (Å²) in [5.41, 5.74) is 8.13. The second-order valence-electron chi connectivity index (χ2n) is 16.6. The van der Waals surface area contributed by atoms with E-state index in [2.05, 4.69) is 88.3 Å². The third-order valence-electron chi connectivity index (χ3n) is 10.8. The van der Waals surface area contributed by atoms with Crippen LogP contribution in [0, 0.1) is 16.2 Å². The summed E-state index contributed by atoms with van der Waals surface area (Å²) in [4.78, 5) is 29.7. The molecule has 0 saturated heterocycles. The van der Waals surface area contributed by atoms with Gasteiger partial charge >= 0.3 is 11.9 Å². The maximum absolute atomic E-state index is 13.7. The van der Waals surface area contributed by atoms with Crippen LogP contribution in [0.5, 0.6) is 11.5 Å². The molecule has 58 heavy (non-hydrogen) atoms. The molecule has 0 spiro atoms. The fraction of sp³-hybridized carbons (Fsp3) is 0.444. The first kappa shape index (κ1) is 45.1. The molecule has 0 radical (unpaired) electrons. The quantitative estimate of drug-likeness (QED) is 0.166. The molecule has 11 nitrogen and oxygen atoms in total. The molecule has 0 bridgehead atoms. The second kappa shape index (κ2) is 18.5. The van der Waals surface area contributed by atoms with Crippen molar-refractivity contribution >= 4 is 34.3 Å². The number of rotatable bonds is 6. The van der Waals surface area contributed by atoms with Crippen molar-refractivity contribution in [1.82, 2.24) is 0 Å². The fourth-order valence-corrected chi connectivity index (χ4v) is 8.53. The Morgan fingerprint density at radius 1 is 0.776 bits per heavy atom. The van der Waals surface area contributed by atoms with E-state index in [9.17, 15) is 9.59 Å². The number of hydrogen-bond donors (Lipinski definition) is 2. The maximum atomic E-state index is 13.7. The number of benzene rings is 3. The van der Waals surface area contributed by atoms with E-state index in [0.29, 0.717) is 17.1 Å². The van der Waals surface area contributed by atoms with Gasteiger partial charge in [0.15, 0.2) is 5.54 Å². The van der Waals surface area contributed by atoms with Gasteiger partial charge in [-0.25, -0.2) is 28.4 Å².